The van der Waals surface area contributed by atoms with Crippen LogP contribution < -0.4 is 14.8 Å². The van der Waals surface area contributed by atoms with Gasteiger partial charge in [-0.3, -0.25) is 9.48 Å². The van der Waals surface area contributed by atoms with E-state index in [1.165, 1.54) is 49.4 Å². The first-order chi connectivity index (χ1) is 15.7. The van der Waals surface area contributed by atoms with E-state index in [0.717, 1.165) is 6.07 Å². The maximum atomic E-state index is 13.6. The van der Waals surface area contributed by atoms with Crippen LogP contribution in [-0.4, -0.2) is 34.9 Å². The molecule has 0 spiro atoms. The van der Waals surface area contributed by atoms with E-state index in [2.05, 4.69) is 15.4 Å². The molecule has 2 heterocycles. The number of alkyl halides is 3. The summed E-state index contributed by atoms with van der Waals surface area (Å²) < 4.78 is 52.7. The van der Waals surface area contributed by atoms with Crippen molar-refractivity contribution in [2.24, 2.45) is 7.05 Å². The molecule has 4 aromatic rings. The normalized spacial score (nSPS) is 11.5. The number of halogens is 3. The molecule has 7 nitrogen and oxygen atoms in total. The monoisotopic (exact) mass is 456 g/mol. The zero-order chi connectivity index (χ0) is 23.8. The topological polar surface area (TPSA) is 78.3 Å². The molecule has 1 amide bonds. The third kappa shape index (κ3) is 4.19. The Bertz CT molecular complexity index is 1350. The van der Waals surface area contributed by atoms with Crippen LogP contribution in [0.2, 0.25) is 0 Å². The first-order valence-corrected chi connectivity index (χ1v) is 9.75. The van der Waals surface area contributed by atoms with Gasteiger partial charge in [-0.05, 0) is 24.3 Å². The van der Waals surface area contributed by atoms with Crippen molar-refractivity contribution < 1.29 is 27.4 Å². The van der Waals surface area contributed by atoms with Crippen LogP contribution in [0.3, 0.4) is 0 Å². The Balaban J connectivity index is 1.82. The summed E-state index contributed by atoms with van der Waals surface area (Å²) in [7, 11) is 4.56. The number of rotatable bonds is 5. The minimum Gasteiger partial charge on any atom is -0.493 e. The van der Waals surface area contributed by atoms with Crippen LogP contribution in [0.15, 0.2) is 54.7 Å². The van der Waals surface area contributed by atoms with E-state index >= 15 is 0 Å². The number of methoxy groups -OCH3 is 2. The Labute approximate surface area is 186 Å². The number of hydrogen-bond donors (Lipinski definition) is 1. The van der Waals surface area contributed by atoms with E-state index in [1.54, 1.807) is 25.2 Å². The molecule has 0 unspecified atom stereocenters. The first-order valence-electron chi connectivity index (χ1n) is 9.75. The Morgan fingerprint density at radius 1 is 1.03 bits per heavy atom. The molecule has 1 N–H and O–H groups in total. The number of nitrogens with zero attached hydrogens (tertiary/aromatic N) is 3. The van der Waals surface area contributed by atoms with E-state index < -0.39 is 17.6 Å². The maximum absolute atomic E-state index is 13.6. The molecule has 0 fully saturated rings. The predicted molar refractivity (Wildman–Crippen MR) is 116 cm³/mol. The standard InChI is InChI=1S/C23H19F3N4O3/c1-30-21-16(12-27-30)15(22(31)28-13-8-9-19(32-2)20(10-13)33-3)11-18(29-21)14-6-4-5-7-17(14)23(24,25)26/h4-12H,1-3H3,(H,28,31). The minimum atomic E-state index is -4.58. The number of carbonyl (C=O) groups excluding carboxylic acids is 1. The fraction of sp³-hybridized carbons (Fsp3) is 0.174. The number of carbonyl (C=O) groups is 1. The highest BCUT2D eigenvalue weighted by Crippen LogP contribution is 2.37. The lowest BCUT2D eigenvalue weighted by atomic mass is 10.0. The highest BCUT2D eigenvalue weighted by Gasteiger charge is 2.34. The first kappa shape index (κ1) is 22.1. The Morgan fingerprint density at radius 2 is 1.76 bits per heavy atom. The van der Waals surface area contributed by atoms with Crippen LogP contribution in [0.5, 0.6) is 11.5 Å². The van der Waals surface area contributed by atoms with Crippen molar-refractivity contribution in [3.05, 3.63) is 65.9 Å². The molecule has 2 aromatic carbocycles. The van der Waals surface area contributed by atoms with Crippen LogP contribution in [0.4, 0.5) is 18.9 Å². The lowest BCUT2D eigenvalue weighted by Gasteiger charge is -2.14. The summed E-state index contributed by atoms with van der Waals surface area (Å²) in [6.45, 7) is 0. The molecule has 0 bridgehead atoms. The van der Waals surface area contributed by atoms with E-state index in [0.29, 0.717) is 22.6 Å². The second-order valence-corrected chi connectivity index (χ2v) is 7.13. The zero-order valence-electron chi connectivity index (χ0n) is 17.9. The molecule has 0 saturated heterocycles. The quantitative estimate of drug-likeness (QED) is 0.461. The van der Waals surface area contributed by atoms with Crippen molar-refractivity contribution in [2.75, 3.05) is 19.5 Å². The molecule has 10 heteroatoms. The molecule has 0 aliphatic carbocycles. The summed E-state index contributed by atoms with van der Waals surface area (Å²) in [5, 5.41) is 7.27. The molecule has 4 rings (SSSR count). The average Bonchev–Trinajstić information content (AvgIpc) is 3.18. The lowest BCUT2D eigenvalue weighted by Crippen LogP contribution is -2.14. The van der Waals surface area contributed by atoms with Gasteiger partial charge in [-0.25, -0.2) is 4.98 Å². The van der Waals surface area contributed by atoms with Gasteiger partial charge in [0, 0.05) is 24.4 Å². The number of aromatic nitrogens is 3. The van der Waals surface area contributed by atoms with E-state index in [4.69, 9.17) is 9.47 Å². The van der Waals surface area contributed by atoms with E-state index in [1.807, 2.05) is 0 Å². The van der Waals surface area contributed by atoms with Crippen LogP contribution in [0, 0.1) is 0 Å². The number of anilines is 1. The van der Waals surface area contributed by atoms with Crippen LogP contribution in [-0.2, 0) is 13.2 Å². The van der Waals surface area contributed by atoms with Crippen molar-refractivity contribution in [3.63, 3.8) is 0 Å². The van der Waals surface area contributed by atoms with Crippen LogP contribution in [0.25, 0.3) is 22.3 Å². The summed E-state index contributed by atoms with van der Waals surface area (Å²) in [5.74, 6) is 0.366. The third-order valence-corrected chi connectivity index (χ3v) is 5.10. The summed E-state index contributed by atoms with van der Waals surface area (Å²) in [5.41, 5.74) is -0.129. The fourth-order valence-corrected chi connectivity index (χ4v) is 3.51. The van der Waals surface area contributed by atoms with Gasteiger partial charge >= 0.3 is 6.18 Å². The SMILES string of the molecule is COc1ccc(NC(=O)c2cc(-c3ccccc3C(F)(F)F)nc3c2cnn3C)cc1OC. The number of fused-ring (bicyclic) bond motifs is 1. The molecule has 2 aromatic heterocycles. The largest absolute Gasteiger partial charge is 0.493 e. The van der Waals surface area contributed by atoms with Crippen LogP contribution in [0.1, 0.15) is 15.9 Å². The number of pyridine rings is 1. The third-order valence-electron chi connectivity index (χ3n) is 5.10. The summed E-state index contributed by atoms with van der Waals surface area (Å²) in [6, 6.07) is 11.3. The molecule has 0 aliphatic rings. The molecule has 33 heavy (non-hydrogen) atoms. The molecule has 170 valence electrons. The number of nitrogens with one attached hydrogen (secondary N) is 1. The van der Waals surface area contributed by atoms with Gasteiger partial charge in [-0.1, -0.05) is 18.2 Å². The number of ether oxygens (including phenoxy) is 2. The Morgan fingerprint density at radius 3 is 2.45 bits per heavy atom. The zero-order valence-corrected chi connectivity index (χ0v) is 17.9. The second kappa shape index (κ2) is 8.45. The van der Waals surface area contributed by atoms with Gasteiger partial charge in [0.25, 0.3) is 5.91 Å². The Hall–Kier alpha value is -4.08. The van der Waals surface area contributed by atoms with E-state index in [-0.39, 0.29) is 22.5 Å². The number of amides is 1. The highest BCUT2D eigenvalue weighted by molar-refractivity contribution is 6.12. The molecule has 0 radical (unpaired) electrons. The number of aryl methyl sites for hydroxylation is 1. The predicted octanol–water partition coefficient (Wildman–Crippen LogP) is 4.92. The smallest absolute Gasteiger partial charge is 0.417 e. The molecule has 0 aliphatic heterocycles. The van der Waals surface area contributed by atoms with Crippen molar-refractivity contribution in [1.82, 2.24) is 14.8 Å². The summed E-state index contributed by atoms with van der Waals surface area (Å²) >= 11 is 0. The Kier molecular flexibility index (Phi) is 5.67. The average molecular weight is 456 g/mol. The van der Waals surface area contributed by atoms with Gasteiger partial charge in [0.15, 0.2) is 17.1 Å². The van der Waals surface area contributed by atoms with Crippen molar-refractivity contribution in [2.45, 2.75) is 6.18 Å². The molecular formula is C23H19F3N4O3. The summed E-state index contributed by atoms with van der Waals surface area (Å²) in [4.78, 5) is 17.5. The van der Waals surface area contributed by atoms with Crippen molar-refractivity contribution in [3.8, 4) is 22.8 Å². The second-order valence-electron chi connectivity index (χ2n) is 7.13. The minimum absolute atomic E-state index is 0.0106. The number of benzene rings is 2. The van der Waals surface area contributed by atoms with Gasteiger partial charge in [0.2, 0.25) is 0 Å². The van der Waals surface area contributed by atoms with Gasteiger partial charge in [-0.15, -0.1) is 0 Å². The van der Waals surface area contributed by atoms with Gasteiger partial charge < -0.3 is 14.8 Å². The molecular weight excluding hydrogens is 437 g/mol. The van der Waals surface area contributed by atoms with Gasteiger partial charge in [0.05, 0.1) is 42.6 Å². The number of hydrogen-bond acceptors (Lipinski definition) is 5. The molecule has 0 atom stereocenters. The fourth-order valence-electron chi connectivity index (χ4n) is 3.51. The maximum Gasteiger partial charge on any atom is 0.417 e. The lowest BCUT2D eigenvalue weighted by molar-refractivity contribution is -0.137. The van der Waals surface area contributed by atoms with Crippen molar-refractivity contribution in [1.29, 1.82) is 0 Å². The van der Waals surface area contributed by atoms with Gasteiger partial charge in [0.1, 0.15) is 0 Å². The van der Waals surface area contributed by atoms with E-state index in [9.17, 15) is 18.0 Å². The summed E-state index contributed by atoms with van der Waals surface area (Å²) in [6.07, 6.45) is -3.13. The molecule has 0 saturated carbocycles. The van der Waals surface area contributed by atoms with Gasteiger partial charge in [-0.2, -0.15) is 18.3 Å². The van der Waals surface area contributed by atoms with Crippen molar-refractivity contribution >= 4 is 22.6 Å². The highest BCUT2D eigenvalue weighted by atomic mass is 19.4. The van der Waals surface area contributed by atoms with Crippen LogP contribution >= 0.6 is 0 Å².